The molecule has 0 aliphatic carbocycles. The summed E-state index contributed by atoms with van der Waals surface area (Å²) in [6.07, 6.45) is -9.92. The van der Waals surface area contributed by atoms with Crippen LogP contribution < -0.4 is 21.6 Å². The summed E-state index contributed by atoms with van der Waals surface area (Å²) in [6.45, 7) is 7.43. The highest BCUT2D eigenvalue weighted by Crippen LogP contribution is 2.46. The van der Waals surface area contributed by atoms with Crippen LogP contribution in [0.15, 0.2) is 17.1 Å². The van der Waals surface area contributed by atoms with Crippen molar-refractivity contribution in [3.05, 3.63) is 22.7 Å². The predicted molar refractivity (Wildman–Crippen MR) is 135 cm³/mol. The van der Waals surface area contributed by atoms with Crippen molar-refractivity contribution in [1.82, 2.24) is 19.7 Å². The molecule has 1 saturated heterocycles. The first-order valence-electron chi connectivity index (χ1n) is 12.3. The summed E-state index contributed by atoms with van der Waals surface area (Å²) in [7, 11) is -4.62. The van der Waals surface area contributed by atoms with E-state index in [2.05, 4.69) is 15.2 Å². The third-order valence-electron chi connectivity index (χ3n) is 5.56. The van der Waals surface area contributed by atoms with Crippen LogP contribution in [0.4, 0.5) is 14.6 Å². The number of aromatic nitrogens is 2. The molecule has 40 heavy (non-hydrogen) atoms. The normalized spacial score (nSPS) is 24.9. The molecule has 2 heterocycles. The number of hydrogen-bond acceptors (Lipinski definition) is 12. The highest BCUT2D eigenvalue weighted by molar-refractivity contribution is 7.54. The van der Waals surface area contributed by atoms with Gasteiger partial charge in [0, 0.05) is 6.20 Å². The Morgan fingerprint density at radius 2 is 1.62 bits per heavy atom. The van der Waals surface area contributed by atoms with E-state index in [1.165, 1.54) is 13.8 Å². The minimum atomic E-state index is -4.62. The lowest BCUT2D eigenvalue weighted by Gasteiger charge is -2.33. The van der Waals surface area contributed by atoms with Crippen molar-refractivity contribution in [1.29, 1.82) is 0 Å². The summed E-state index contributed by atoms with van der Waals surface area (Å²) in [6, 6.07) is -1.52. The molecular weight excluding hydrogens is 563 g/mol. The smallest absolute Gasteiger partial charge is 0.351 e. The van der Waals surface area contributed by atoms with E-state index in [-0.39, 0.29) is 5.82 Å². The Hall–Kier alpha value is -2.53. The van der Waals surface area contributed by atoms with E-state index in [1.807, 2.05) is 0 Å². The van der Waals surface area contributed by atoms with Gasteiger partial charge in [-0.25, -0.2) is 23.7 Å². The maximum Gasteiger partial charge on any atom is 0.351 e. The second-order valence-corrected chi connectivity index (χ2v) is 11.6. The summed E-state index contributed by atoms with van der Waals surface area (Å²) in [4.78, 5) is 40.3. The molecule has 1 aliphatic heterocycles. The standard InChI is InChI=1S/C22H36F2N5O10P/c1-10(2)37-18(32)12(5)27-40(35,28-13(6)19(33)38-11(3)4)36-9-22(20(23)24)16(31)15(30)17(39-22)29-8-7-14(25)26-21(29)34/h7-8,10-13,15-17,20,30-31H,9H2,1-6H3,(H2,25,26,34)(H2,27,28,35)/t12-,13-,15-,16-,17+,22+/m0/s1. The van der Waals surface area contributed by atoms with Gasteiger partial charge in [0.25, 0.3) is 6.43 Å². The van der Waals surface area contributed by atoms with Gasteiger partial charge in [0.2, 0.25) is 0 Å². The van der Waals surface area contributed by atoms with Crippen molar-refractivity contribution in [2.75, 3.05) is 12.3 Å². The molecule has 6 atom stereocenters. The van der Waals surface area contributed by atoms with Crippen molar-refractivity contribution in [3.8, 4) is 0 Å². The van der Waals surface area contributed by atoms with Crippen LogP contribution in [0.1, 0.15) is 47.8 Å². The van der Waals surface area contributed by atoms with Crippen molar-refractivity contribution >= 4 is 25.4 Å². The van der Waals surface area contributed by atoms with Crippen LogP contribution >= 0.6 is 7.67 Å². The summed E-state index contributed by atoms with van der Waals surface area (Å²) in [5.41, 5.74) is 1.35. The molecule has 1 aliphatic rings. The number of nitrogens with one attached hydrogen (secondary N) is 2. The minimum absolute atomic E-state index is 0.189. The number of alkyl halides is 2. The first-order chi connectivity index (χ1) is 18.4. The molecule has 1 aromatic rings. The number of aliphatic hydroxyl groups excluding tert-OH is 2. The molecule has 1 fully saturated rings. The lowest BCUT2D eigenvalue weighted by atomic mass is 9.96. The van der Waals surface area contributed by atoms with E-state index in [9.17, 15) is 37.9 Å². The molecule has 228 valence electrons. The second kappa shape index (κ2) is 13.4. The SMILES string of the molecule is CC(C)OC(=O)[C@H](C)NP(=O)(N[C@@H](C)C(=O)OC(C)C)OC[C@@]1(C(F)F)O[C@@H](n2ccc(N)nc2=O)[C@@H](O)[C@@H]1O. The highest BCUT2D eigenvalue weighted by Gasteiger charge is 2.61. The van der Waals surface area contributed by atoms with E-state index in [1.54, 1.807) is 27.7 Å². The van der Waals surface area contributed by atoms with Crippen LogP contribution in [0.25, 0.3) is 0 Å². The quantitative estimate of drug-likeness (QED) is 0.150. The van der Waals surface area contributed by atoms with Crippen molar-refractivity contribution in [2.24, 2.45) is 0 Å². The van der Waals surface area contributed by atoms with E-state index < -0.39 is 86.7 Å². The van der Waals surface area contributed by atoms with Gasteiger partial charge in [-0.05, 0) is 47.6 Å². The van der Waals surface area contributed by atoms with Gasteiger partial charge in [-0.1, -0.05) is 0 Å². The number of nitrogens with zero attached hydrogens (tertiary/aromatic N) is 2. The molecule has 18 heteroatoms. The van der Waals surface area contributed by atoms with Crippen molar-refractivity contribution in [3.63, 3.8) is 0 Å². The highest BCUT2D eigenvalue weighted by atomic mass is 31.2. The fourth-order valence-electron chi connectivity index (χ4n) is 3.60. The number of halogens is 2. The molecule has 6 N–H and O–H groups in total. The fraction of sp³-hybridized carbons (Fsp3) is 0.727. The molecule has 0 unspecified atom stereocenters. The van der Waals surface area contributed by atoms with Crippen LogP contribution in [-0.4, -0.2) is 86.8 Å². The van der Waals surface area contributed by atoms with Gasteiger partial charge >= 0.3 is 25.3 Å². The lowest BCUT2D eigenvalue weighted by molar-refractivity contribution is -0.192. The Morgan fingerprint density at radius 1 is 1.12 bits per heavy atom. The third kappa shape index (κ3) is 8.02. The third-order valence-corrected chi connectivity index (χ3v) is 7.51. The Bertz CT molecular complexity index is 1120. The Labute approximate surface area is 228 Å². The first-order valence-corrected chi connectivity index (χ1v) is 13.9. The zero-order valence-electron chi connectivity index (χ0n) is 22.8. The molecule has 1 aromatic heterocycles. The van der Waals surface area contributed by atoms with Crippen LogP contribution in [0.5, 0.6) is 0 Å². The molecule has 0 aromatic carbocycles. The van der Waals surface area contributed by atoms with Gasteiger partial charge in [-0.2, -0.15) is 4.98 Å². The summed E-state index contributed by atoms with van der Waals surface area (Å²) < 4.78 is 64.0. The van der Waals surface area contributed by atoms with Gasteiger partial charge in [-0.15, -0.1) is 0 Å². The van der Waals surface area contributed by atoms with Crippen LogP contribution in [-0.2, 0) is 32.9 Å². The number of nitrogen functional groups attached to an aromatic ring is 1. The fourth-order valence-corrected chi connectivity index (χ4v) is 5.44. The van der Waals surface area contributed by atoms with Crippen LogP contribution in [0.3, 0.4) is 0 Å². The lowest BCUT2D eigenvalue weighted by Crippen LogP contribution is -2.53. The largest absolute Gasteiger partial charge is 0.462 e. The van der Waals surface area contributed by atoms with Gasteiger partial charge in [0.05, 0.1) is 18.8 Å². The summed E-state index contributed by atoms with van der Waals surface area (Å²) >= 11 is 0. The maximum atomic E-state index is 14.4. The van der Waals surface area contributed by atoms with Crippen molar-refractivity contribution in [2.45, 2.75) is 96.3 Å². The van der Waals surface area contributed by atoms with E-state index in [0.29, 0.717) is 4.57 Å². The van der Waals surface area contributed by atoms with E-state index >= 15 is 0 Å². The number of nitrogens with two attached hydrogens (primary N) is 1. The number of anilines is 1. The van der Waals surface area contributed by atoms with E-state index in [4.69, 9.17) is 24.5 Å². The van der Waals surface area contributed by atoms with Gasteiger partial charge < -0.3 is 34.7 Å². The number of carbonyl (C=O) groups is 2. The molecule has 15 nitrogen and oxygen atoms in total. The molecule has 0 spiro atoms. The Balaban J connectivity index is 2.38. The first kappa shape index (κ1) is 33.7. The average molecular weight is 600 g/mol. The van der Waals surface area contributed by atoms with E-state index in [0.717, 1.165) is 12.3 Å². The minimum Gasteiger partial charge on any atom is -0.462 e. The number of esters is 2. The van der Waals surface area contributed by atoms with Crippen LogP contribution in [0.2, 0.25) is 0 Å². The Morgan fingerprint density at radius 3 is 2.05 bits per heavy atom. The number of hydrogen-bond donors (Lipinski definition) is 5. The zero-order chi connectivity index (χ0) is 30.6. The summed E-state index contributed by atoms with van der Waals surface area (Å²) in [5.74, 6) is -1.93. The van der Waals surface area contributed by atoms with Gasteiger partial charge in [0.15, 0.2) is 11.8 Å². The number of rotatable bonds is 13. The predicted octanol–water partition coefficient (Wildman–Crippen LogP) is 0.0641. The number of carbonyl (C=O) groups excluding carboxylic acids is 2. The number of aliphatic hydroxyl groups is 2. The van der Waals surface area contributed by atoms with Crippen LogP contribution in [0, 0.1) is 0 Å². The molecule has 0 saturated carbocycles. The zero-order valence-corrected chi connectivity index (χ0v) is 23.7. The molecule has 2 rings (SSSR count). The molecule has 0 amide bonds. The average Bonchev–Trinajstić information content (AvgIpc) is 3.08. The van der Waals surface area contributed by atoms with Crippen molar-refractivity contribution < 1.29 is 51.9 Å². The maximum absolute atomic E-state index is 14.4. The Kier molecular flexibility index (Phi) is 11.3. The monoisotopic (exact) mass is 599 g/mol. The topological polar surface area (TPSA) is 214 Å². The van der Waals surface area contributed by atoms with Gasteiger partial charge in [0.1, 0.15) is 30.1 Å². The van der Waals surface area contributed by atoms with Gasteiger partial charge in [-0.3, -0.25) is 18.7 Å². The molecular formula is C22H36F2N5O10P. The molecule has 0 radical (unpaired) electrons. The number of ether oxygens (including phenoxy) is 3. The second-order valence-electron chi connectivity index (χ2n) is 9.74. The molecule has 0 bridgehead atoms. The summed E-state index contributed by atoms with van der Waals surface area (Å²) in [5, 5.41) is 25.8.